The third kappa shape index (κ3) is 2.50. The first-order chi connectivity index (χ1) is 4.64. The summed E-state index contributed by atoms with van der Waals surface area (Å²) in [4.78, 5) is 9.31. The topological polar surface area (TPSA) is 25.1 Å². The van der Waals surface area contributed by atoms with E-state index in [-0.39, 0.29) is 11.7 Å². The summed E-state index contributed by atoms with van der Waals surface area (Å²) in [6, 6.07) is 0. The van der Waals surface area contributed by atoms with Crippen molar-refractivity contribution in [3.05, 3.63) is 12.7 Å². The molecule has 0 amide bonds. The van der Waals surface area contributed by atoms with E-state index >= 15 is 0 Å². The van der Waals surface area contributed by atoms with Crippen molar-refractivity contribution in [1.82, 2.24) is 0 Å². The normalized spacial score (nSPS) is 19.0. The molecule has 0 unspecified atom stereocenters. The first kappa shape index (κ1) is 7.76. The molecule has 1 saturated heterocycles. The van der Waals surface area contributed by atoms with E-state index in [1.54, 1.807) is 0 Å². The molecule has 0 spiro atoms. The maximum absolute atomic E-state index is 4.66. The van der Waals surface area contributed by atoms with E-state index in [1.807, 2.05) is 6.08 Å². The quantitative estimate of drug-likeness (QED) is 0.342. The Balaban J connectivity index is 2.25. The zero-order valence-electron chi connectivity index (χ0n) is 6.59. The second kappa shape index (κ2) is 2.72. The minimum Gasteiger partial charge on any atom is -0.198 e. The Hall–Kier alpha value is -0.340. The van der Waals surface area contributed by atoms with E-state index in [2.05, 4.69) is 30.2 Å². The van der Waals surface area contributed by atoms with E-state index in [0.29, 0.717) is 0 Å². The molecule has 2 heteroatoms. The van der Waals surface area contributed by atoms with Gasteiger partial charge < -0.3 is 0 Å². The zero-order chi connectivity index (χ0) is 7.61. The molecular weight excluding hydrogens is 128 g/mol. The second-order valence-electron chi connectivity index (χ2n) is 3.48. The predicted octanol–water partition coefficient (Wildman–Crippen LogP) is 2.27. The molecule has 0 aromatic carbocycles. The lowest BCUT2D eigenvalue weighted by Crippen LogP contribution is -2.12. The van der Waals surface area contributed by atoms with Crippen molar-refractivity contribution in [2.75, 3.05) is 0 Å². The van der Waals surface area contributed by atoms with Gasteiger partial charge in [-0.25, -0.2) is 0 Å². The number of allylic oxidation sites excluding steroid dienone is 1. The fraction of sp³-hybridized carbons (Fsp3) is 0.750. The van der Waals surface area contributed by atoms with Crippen LogP contribution in [0, 0.1) is 5.41 Å². The molecule has 1 aliphatic heterocycles. The number of hydrogen-bond acceptors (Lipinski definition) is 2. The maximum atomic E-state index is 4.66. The largest absolute Gasteiger partial charge is 0.225 e. The summed E-state index contributed by atoms with van der Waals surface area (Å²) >= 11 is 0. The van der Waals surface area contributed by atoms with E-state index in [4.69, 9.17) is 0 Å². The summed E-state index contributed by atoms with van der Waals surface area (Å²) in [5.41, 5.74) is 0.267. The highest BCUT2D eigenvalue weighted by molar-refractivity contribution is 4.80. The van der Waals surface area contributed by atoms with E-state index in [9.17, 15) is 0 Å². The third-order valence-corrected chi connectivity index (χ3v) is 1.65. The van der Waals surface area contributed by atoms with Crippen LogP contribution >= 0.6 is 0 Å². The molecule has 2 nitrogen and oxygen atoms in total. The Morgan fingerprint density at radius 2 is 2.10 bits per heavy atom. The molecule has 1 heterocycles. The molecule has 0 aromatic heterocycles. The van der Waals surface area contributed by atoms with Gasteiger partial charge in [0.05, 0.1) is 0 Å². The van der Waals surface area contributed by atoms with E-state index < -0.39 is 0 Å². The molecule has 10 heavy (non-hydrogen) atoms. The predicted molar refractivity (Wildman–Crippen MR) is 39.2 cm³/mol. The van der Waals surface area contributed by atoms with Gasteiger partial charge in [0, 0.05) is 6.42 Å². The molecule has 1 fully saturated rings. The van der Waals surface area contributed by atoms with E-state index in [1.165, 1.54) is 0 Å². The van der Waals surface area contributed by atoms with Crippen LogP contribution in [0.5, 0.6) is 0 Å². The fourth-order valence-electron chi connectivity index (χ4n) is 1.03. The van der Waals surface area contributed by atoms with Crippen molar-refractivity contribution in [2.45, 2.75) is 33.0 Å². The highest BCUT2D eigenvalue weighted by atomic mass is 17.4. The molecule has 0 saturated carbocycles. The summed E-state index contributed by atoms with van der Waals surface area (Å²) in [6.45, 7) is 8.05. The highest BCUT2D eigenvalue weighted by Gasteiger charge is 2.32. The Kier molecular flexibility index (Phi) is 2.11. The summed E-state index contributed by atoms with van der Waals surface area (Å²) in [6.07, 6.45) is 3.95. The molecule has 0 bridgehead atoms. The average Bonchev–Trinajstić information content (AvgIpc) is 2.48. The Morgan fingerprint density at radius 3 is 2.50 bits per heavy atom. The minimum absolute atomic E-state index is 0.0509. The third-order valence-electron chi connectivity index (χ3n) is 1.65. The lowest BCUT2D eigenvalue weighted by atomic mass is 9.86. The molecule has 1 rings (SSSR count). The van der Waals surface area contributed by atoms with Gasteiger partial charge >= 0.3 is 0 Å². The Bertz CT molecular complexity index is 125. The van der Waals surface area contributed by atoms with Crippen LogP contribution < -0.4 is 0 Å². The molecule has 0 N–H and O–H groups in total. The van der Waals surface area contributed by atoms with Crippen molar-refractivity contribution >= 4 is 0 Å². The zero-order valence-corrected chi connectivity index (χ0v) is 6.59. The van der Waals surface area contributed by atoms with Crippen molar-refractivity contribution in [1.29, 1.82) is 0 Å². The van der Waals surface area contributed by atoms with Gasteiger partial charge in [0.25, 0.3) is 0 Å². The van der Waals surface area contributed by atoms with Crippen LogP contribution in [-0.2, 0) is 9.78 Å². The lowest BCUT2D eigenvalue weighted by Gasteiger charge is -2.19. The summed E-state index contributed by atoms with van der Waals surface area (Å²) in [5.74, 6) is 0. The molecule has 0 atom stereocenters. The number of rotatable bonds is 4. The summed E-state index contributed by atoms with van der Waals surface area (Å²) in [7, 11) is 0. The molecular formula is C8H14O2. The van der Waals surface area contributed by atoms with Crippen LogP contribution in [0.25, 0.3) is 0 Å². The van der Waals surface area contributed by atoms with E-state index in [0.717, 1.165) is 12.8 Å². The van der Waals surface area contributed by atoms with Crippen molar-refractivity contribution < 1.29 is 9.78 Å². The highest BCUT2D eigenvalue weighted by Crippen LogP contribution is 2.32. The smallest absolute Gasteiger partial charge is 0.198 e. The Labute approximate surface area is 61.8 Å². The number of hydrogen-bond donors (Lipinski definition) is 0. The van der Waals surface area contributed by atoms with Crippen molar-refractivity contribution in [2.24, 2.45) is 5.41 Å². The summed E-state index contributed by atoms with van der Waals surface area (Å²) < 4.78 is 0. The van der Waals surface area contributed by atoms with Crippen LogP contribution in [0.2, 0.25) is 0 Å². The lowest BCUT2D eigenvalue weighted by molar-refractivity contribution is 0.0850. The van der Waals surface area contributed by atoms with Gasteiger partial charge in [-0.05, 0) is 11.8 Å². The van der Waals surface area contributed by atoms with Crippen LogP contribution in [-0.4, -0.2) is 6.29 Å². The van der Waals surface area contributed by atoms with Gasteiger partial charge in [0.2, 0.25) is 6.29 Å². The molecule has 0 aromatic rings. The van der Waals surface area contributed by atoms with Gasteiger partial charge in [-0.15, -0.1) is 6.58 Å². The van der Waals surface area contributed by atoms with Crippen LogP contribution in [0.3, 0.4) is 0 Å². The maximum Gasteiger partial charge on any atom is 0.225 e. The van der Waals surface area contributed by atoms with Gasteiger partial charge in [0.1, 0.15) is 0 Å². The molecule has 0 radical (unpaired) electrons. The Morgan fingerprint density at radius 1 is 1.50 bits per heavy atom. The second-order valence-corrected chi connectivity index (χ2v) is 3.48. The van der Waals surface area contributed by atoms with Crippen molar-refractivity contribution in [3.63, 3.8) is 0 Å². The van der Waals surface area contributed by atoms with Crippen molar-refractivity contribution in [3.8, 4) is 0 Å². The van der Waals surface area contributed by atoms with Crippen LogP contribution in [0.4, 0.5) is 0 Å². The SMILES string of the molecule is C=CCC(C)(C)CC1OO1. The molecule has 58 valence electrons. The van der Waals surface area contributed by atoms with Gasteiger partial charge in [-0.2, -0.15) is 9.78 Å². The first-order valence-corrected chi connectivity index (χ1v) is 3.57. The van der Waals surface area contributed by atoms with Gasteiger partial charge in [-0.1, -0.05) is 19.9 Å². The molecule has 0 aliphatic carbocycles. The minimum atomic E-state index is 0.0509. The average molecular weight is 142 g/mol. The van der Waals surface area contributed by atoms with Gasteiger partial charge in [-0.3, -0.25) is 0 Å². The first-order valence-electron chi connectivity index (χ1n) is 3.57. The monoisotopic (exact) mass is 142 g/mol. The van der Waals surface area contributed by atoms with Crippen LogP contribution in [0.1, 0.15) is 26.7 Å². The fourth-order valence-corrected chi connectivity index (χ4v) is 1.03. The van der Waals surface area contributed by atoms with Gasteiger partial charge in [0.15, 0.2) is 0 Å². The van der Waals surface area contributed by atoms with Crippen LogP contribution in [0.15, 0.2) is 12.7 Å². The molecule has 1 aliphatic rings. The summed E-state index contributed by atoms with van der Waals surface area (Å²) in [5, 5.41) is 0. The standard InChI is InChI=1S/C8H14O2/c1-4-5-8(2,3)6-7-9-10-7/h4,7H,1,5-6H2,2-3H3.